The predicted molar refractivity (Wildman–Crippen MR) is 116 cm³/mol. The minimum Gasteiger partial charge on any atom is -0.356 e. The van der Waals surface area contributed by atoms with E-state index < -0.39 is 0 Å². The first-order chi connectivity index (χ1) is 13.5. The Labute approximate surface area is 172 Å². The van der Waals surface area contributed by atoms with Gasteiger partial charge in [-0.15, -0.1) is 0 Å². The van der Waals surface area contributed by atoms with Gasteiger partial charge in [0.25, 0.3) is 0 Å². The number of nitrogens with zero attached hydrogens (tertiary/aromatic N) is 2. The molecule has 0 radical (unpaired) electrons. The maximum atomic E-state index is 12.0. The third kappa shape index (κ3) is 9.37. The van der Waals surface area contributed by atoms with Crippen LogP contribution in [0.5, 0.6) is 0 Å². The van der Waals surface area contributed by atoms with Crippen LogP contribution >= 0.6 is 0 Å². The van der Waals surface area contributed by atoms with Crippen molar-refractivity contribution in [1.82, 2.24) is 20.4 Å². The number of hydrogen-bond acceptors (Lipinski definition) is 4. The summed E-state index contributed by atoms with van der Waals surface area (Å²) in [6.45, 7) is 16.4. The van der Waals surface area contributed by atoms with Crippen molar-refractivity contribution in [2.24, 2.45) is 11.8 Å². The van der Waals surface area contributed by atoms with E-state index in [0.717, 1.165) is 90.9 Å². The molecule has 1 saturated heterocycles. The third-order valence-corrected chi connectivity index (χ3v) is 6.08. The summed E-state index contributed by atoms with van der Waals surface area (Å²) in [7, 11) is 0. The lowest BCUT2D eigenvalue weighted by Gasteiger charge is -2.34. The highest BCUT2D eigenvalue weighted by Gasteiger charge is 2.17. The minimum atomic E-state index is 0.170. The Hall–Kier alpha value is -1.14. The van der Waals surface area contributed by atoms with E-state index in [1.54, 1.807) is 0 Å². The molecule has 0 bridgehead atoms. The van der Waals surface area contributed by atoms with Gasteiger partial charge < -0.3 is 20.4 Å². The van der Waals surface area contributed by atoms with Crippen molar-refractivity contribution in [2.75, 3.05) is 52.4 Å². The fourth-order valence-electron chi connectivity index (χ4n) is 3.87. The molecule has 6 heteroatoms. The molecular formula is C22H44N4O2. The van der Waals surface area contributed by atoms with Crippen molar-refractivity contribution in [1.29, 1.82) is 0 Å². The van der Waals surface area contributed by atoms with Crippen molar-refractivity contribution in [2.45, 2.75) is 66.2 Å². The molecule has 28 heavy (non-hydrogen) atoms. The maximum Gasteiger partial charge on any atom is 0.223 e. The summed E-state index contributed by atoms with van der Waals surface area (Å²) in [6, 6.07) is 0. The maximum absolute atomic E-state index is 12.0. The number of hydrogen-bond donors (Lipinski definition) is 2. The monoisotopic (exact) mass is 396 g/mol. The van der Waals surface area contributed by atoms with Crippen LogP contribution in [0.15, 0.2) is 0 Å². The lowest BCUT2D eigenvalue weighted by molar-refractivity contribution is -0.126. The van der Waals surface area contributed by atoms with Gasteiger partial charge in [0, 0.05) is 51.1 Å². The zero-order chi connectivity index (χ0) is 20.8. The number of carbonyl (C=O) groups is 2. The van der Waals surface area contributed by atoms with E-state index in [0.29, 0.717) is 0 Å². The van der Waals surface area contributed by atoms with Crippen LogP contribution in [0, 0.1) is 11.8 Å². The van der Waals surface area contributed by atoms with Gasteiger partial charge in [0.1, 0.15) is 0 Å². The van der Waals surface area contributed by atoms with E-state index in [1.807, 2.05) is 0 Å². The molecular weight excluding hydrogens is 352 g/mol. The summed E-state index contributed by atoms with van der Waals surface area (Å²) in [5.74, 6) is 0.767. The second kappa shape index (κ2) is 14.8. The van der Waals surface area contributed by atoms with Gasteiger partial charge in [-0.3, -0.25) is 9.59 Å². The zero-order valence-corrected chi connectivity index (χ0v) is 18.8. The van der Waals surface area contributed by atoms with E-state index in [2.05, 4.69) is 48.1 Å². The normalized spacial score (nSPS) is 15.9. The highest BCUT2D eigenvalue weighted by molar-refractivity contribution is 5.78. The van der Waals surface area contributed by atoms with Gasteiger partial charge in [0.2, 0.25) is 11.8 Å². The summed E-state index contributed by atoms with van der Waals surface area (Å²) < 4.78 is 0. The first kappa shape index (κ1) is 24.9. The van der Waals surface area contributed by atoms with E-state index in [1.165, 1.54) is 0 Å². The fourth-order valence-corrected chi connectivity index (χ4v) is 3.87. The predicted octanol–water partition coefficient (Wildman–Crippen LogP) is 2.49. The topological polar surface area (TPSA) is 64.7 Å². The molecule has 1 rings (SSSR count). The average Bonchev–Trinajstić information content (AvgIpc) is 2.71. The first-order valence-electron chi connectivity index (χ1n) is 11.6. The van der Waals surface area contributed by atoms with Crippen LogP contribution in [0.2, 0.25) is 0 Å². The molecule has 1 aliphatic rings. The Morgan fingerprint density at radius 3 is 1.29 bits per heavy atom. The summed E-state index contributed by atoms with van der Waals surface area (Å²) in [5, 5.41) is 6.16. The van der Waals surface area contributed by atoms with Crippen LogP contribution < -0.4 is 10.6 Å². The quantitative estimate of drug-likeness (QED) is 0.443. The Kier molecular flexibility index (Phi) is 13.2. The van der Waals surface area contributed by atoms with Crippen molar-refractivity contribution < 1.29 is 9.59 Å². The fraction of sp³-hybridized carbons (Fsp3) is 0.909. The summed E-state index contributed by atoms with van der Waals surface area (Å²) >= 11 is 0. The van der Waals surface area contributed by atoms with Gasteiger partial charge >= 0.3 is 0 Å². The zero-order valence-electron chi connectivity index (χ0n) is 18.8. The molecule has 0 unspecified atom stereocenters. The molecule has 0 aliphatic carbocycles. The molecule has 1 aliphatic heterocycles. The van der Waals surface area contributed by atoms with Crippen molar-refractivity contribution in [3.8, 4) is 0 Å². The molecule has 0 aromatic heterocycles. The molecule has 0 aromatic rings. The largest absolute Gasteiger partial charge is 0.356 e. The van der Waals surface area contributed by atoms with E-state index in [4.69, 9.17) is 0 Å². The van der Waals surface area contributed by atoms with E-state index in [9.17, 15) is 9.59 Å². The van der Waals surface area contributed by atoms with Gasteiger partial charge in [0.15, 0.2) is 0 Å². The molecule has 0 saturated carbocycles. The molecule has 164 valence electrons. The lowest BCUT2D eigenvalue weighted by atomic mass is 10.0. The number of piperazine rings is 1. The Morgan fingerprint density at radius 1 is 0.679 bits per heavy atom. The SMILES string of the molecule is CCC(CC)C(=O)NCCCN1CCN(CCCNC(=O)C(CC)CC)CC1. The smallest absolute Gasteiger partial charge is 0.223 e. The summed E-state index contributed by atoms with van der Waals surface area (Å²) in [6.07, 6.45) is 5.73. The van der Waals surface area contributed by atoms with Crippen LogP contribution in [0.4, 0.5) is 0 Å². The highest BCUT2D eigenvalue weighted by Crippen LogP contribution is 2.08. The highest BCUT2D eigenvalue weighted by atomic mass is 16.2. The van der Waals surface area contributed by atoms with Crippen LogP contribution in [0.25, 0.3) is 0 Å². The van der Waals surface area contributed by atoms with Gasteiger partial charge in [-0.1, -0.05) is 27.7 Å². The third-order valence-electron chi connectivity index (χ3n) is 6.08. The molecule has 1 fully saturated rings. The number of rotatable bonds is 14. The second-order valence-electron chi connectivity index (χ2n) is 8.00. The Bertz CT molecular complexity index is 388. The molecule has 2 amide bonds. The molecule has 0 atom stereocenters. The Balaban J connectivity index is 2.06. The first-order valence-corrected chi connectivity index (χ1v) is 11.6. The summed E-state index contributed by atoms with van der Waals surface area (Å²) in [5.41, 5.74) is 0. The molecule has 0 aromatic carbocycles. The number of nitrogens with one attached hydrogen (secondary N) is 2. The molecule has 2 N–H and O–H groups in total. The number of carbonyl (C=O) groups excluding carboxylic acids is 2. The molecule has 0 spiro atoms. The van der Waals surface area contributed by atoms with Crippen LogP contribution in [-0.2, 0) is 9.59 Å². The van der Waals surface area contributed by atoms with Crippen molar-refractivity contribution in [3.05, 3.63) is 0 Å². The standard InChI is InChI=1S/C22H44N4O2/c1-5-19(6-2)21(27)23-11-9-13-25-15-17-26(18-16-25)14-10-12-24-22(28)20(7-3)8-4/h19-20H,5-18H2,1-4H3,(H,23,27)(H,24,28). The molecule has 1 heterocycles. The van der Waals surface area contributed by atoms with Crippen LogP contribution in [0.1, 0.15) is 66.2 Å². The molecule has 6 nitrogen and oxygen atoms in total. The second-order valence-corrected chi connectivity index (χ2v) is 8.00. The van der Waals surface area contributed by atoms with Gasteiger partial charge in [-0.25, -0.2) is 0 Å². The number of amides is 2. The van der Waals surface area contributed by atoms with Crippen molar-refractivity contribution >= 4 is 11.8 Å². The summed E-state index contributed by atoms with van der Waals surface area (Å²) in [4.78, 5) is 29.0. The van der Waals surface area contributed by atoms with Gasteiger partial charge in [-0.05, 0) is 51.6 Å². The van der Waals surface area contributed by atoms with Crippen LogP contribution in [-0.4, -0.2) is 74.0 Å². The van der Waals surface area contributed by atoms with Gasteiger partial charge in [0.05, 0.1) is 0 Å². The van der Waals surface area contributed by atoms with Gasteiger partial charge in [-0.2, -0.15) is 0 Å². The Morgan fingerprint density at radius 2 is 1.00 bits per heavy atom. The van der Waals surface area contributed by atoms with Crippen LogP contribution in [0.3, 0.4) is 0 Å². The minimum absolute atomic E-state index is 0.170. The van der Waals surface area contributed by atoms with E-state index >= 15 is 0 Å². The van der Waals surface area contributed by atoms with E-state index in [-0.39, 0.29) is 23.7 Å². The average molecular weight is 397 g/mol. The van der Waals surface area contributed by atoms with Crippen molar-refractivity contribution in [3.63, 3.8) is 0 Å². The lowest BCUT2D eigenvalue weighted by Crippen LogP contribution is -2.47.